The molecule has 31 heavy (non-hydrogen) atoms. The number of halogens is 3. The Bertz CT molecular complexity index is 1000. The molecule has 0 aliphatic carbocycles. The third-order valence-corrected chi connectivity index (χ3v) is 6.71. The van der Waals surface area contributed by atoms with Crippen LogP contribution in [-0.4, -0.2) is 44.5 Å². The Morgan fingerprint density at radius 3 is 2.29 bits per heavy atom. The van der Waals surface area contributed by atoms with E-state index in [-0.39, 0.29) is 22.8 Å². The van der Waals surface area contributed by atoms with Crippen LogP contribution in [0.2, 0.25) is 0 Å². The average molecular weight is 456 g/mol. The first kappa shape index (κ1) is 23.1. The molecule has 1 aliphatic heterocycles. The van der Waals surface area contributed by atoms with Gasteiger partial charge < -0.3 is 10.1 Å². The highest BCUT2D eigenvalue weighted by atomic mass is 32.2. The van der Waals surface area contributed by atoms with E-state index in [0.29, 0.717) is 18.7 Å². The van der Waals surface area contributed by atoms with Gasteiger partial charge in [-0.2, -0.15) is 17.5 Å². The van der Waals surface area contributed by atoms with Crippen LogP contribution in [-0.2, 0) is 21.2 Å². The molecule has 1 N–H and O–H groups in total. The van der Waals surface area contributed by atoms with Crippen molar-refractivity contribution in [2.45, 2.75) is 36.8 Å². The SMILES string of the molecule is O=C(Cc1ccc(S(=O)(=O)N2CCCCC2)cc1)Nc1ccccc1OCC(F)(F)F. The first-order valence-electron chi connectivity index (χ1n) is 9.83. The predicted octanol–water partition coefficient (Wildman–Crippen LogP) is 3.98. The Morgan fingerprint density at radius 2 is 1.65 bits per heavy atom. The molecule has 1 fully saturated rings. The molecule has 2 aromatic carbocycles. The summed E-state index contributed by atoms with van der Waals surface area (Å²) in [5, 5.41) is 2.53. The lowest BCUT2D eigenvalue weighted by Gasteiger charge is -2.25. The summed E-state index contributed by atoms with van der Waals surface area (Å²) in [4.78, 5) is 12.5. The number of benzene rings is 2. The Morgan fingerprint density at radius 1 is 1.00 bits per heavy atom. The van der Waals surface area contributed by atoms with Gasteiger partial charge in [-0.1, -0.05) is 30.7 Å². The lowest BCUT2D eigenvalue weighted by molar-refractivity contribution is -0.153. The third kappa shape index (κ3) is 6.44. The highest BCUT2D eigenvalue weighted by Crippen LogP contribution is 2.27. The molecule has 0 aromatic heterocycles. The van der Waals surface area contributed by atoms with Crippen molar-refractivity contribution in [1.29, 1.82) is 0 Å². The van der Waals surface area contributed by atoms with E-state index >= 15 is 0 Å². The zero-order chi connectivity index (χ0) is 22.5. The van der Waals surface area contributed by atoms with Gasteiger partial charge in [0, 0.05) is 13.1 Å². The van der Waals surface area contributed by atoms with Crippen molar-refractivity contribution >= 4 is 21.6 Å². The number of alkyl halides is 3. The van der Waals surface area contributed by atoms with E-state index in [1.807, 2.05) is 0 Å². The second-order valence-corrected chi connectivity index (χ2v) is 9.17. The number of carbonyl (C=O) groups is 1. The minimum absolute atomic E-state index is 0.0718. The molecule has 0 atom stereocenters. The van der Waals surface area contributed by atoms with Gasteiger partial charge in [0.25, 0.3) is 0 Å². The van der Waals surface area contributed by atoms with E-state index in [2.05, 4.69) is 5.32 Å². The summed E-state index contributed by atoms with van der Waals surface area (Å²) >= 11 is 0. The maximum atomic E-state index is 12.7. The number of anilines is 1. The van der Waals surface area contributed by atoms with Crippen LogP contribution in [0, 0.1) is 0 Å². The molecule has 6 nitrogen and oxygen atoms in total. The molecule has 1 heterocycles. The van der Waals surface area contributed by atoms with Crippen LogP contribution in [0.3, 0.4) is 0 Å². The van der Waals surface area contributed by atoms with Gasteiger partial charge in [-0.05, 0) is 42.7 Å². The Kier molecular flexibility index (Phi) is 7.22. The van der Waals surface area contributed by atoms with Crippen molar-refractivity contribution in [3.63, 3.8) is 0 Å². The van der Waals surface area contributed by atoms with E-state index in [1.54, 1.807) is 18.2 Å². The first-order valence-corrected chi connectivity index (χ1v) is 11.3. The van der Waals surface area contributed by atoms with Crippen molar-refractivity contribution < 1.29 is 31.1 Å². The maximum absolute atomic E-state index is 12.7. The molecular weight excluding hydrogens is 433 g/mol. The molecular formula is C21H23F3N2O4S. The van der Waals surface area contributed by atoms with Gasteiger partial charge in [-0.25, -0.2) is 8.42 Å². The molecule has 0 radical (unpaired) electrons. The largest absolute Gasteiger partial charge is 0.482 e. The number of piperidine rings is 1. The number of amides is 1. The fraction of sp³-hybridized carbons (Fsp3) is 0.381. The number of sulfonamides is 1. The summed E-state index contributed by atoms with van der Waals surface area (Å²) in [6.07, 6.45) is -1.87. The van der Waals surface area contributed by atoms with Crippen molar-refractivity contribution in [2.75, 3.05) is 25.0 Å². The standard InChI is InChI=1S/C21H23F3N2O4S/c22-21(23,24)15-30-19-7-3-2-6-18(19)25-20(27)14-16-8-10-17(11-9-16)31(28,29)26-12-4-1-5-13-26/h2-3,6-11H,1,4-5,12-15H2,(H,25,27). The monoisotopic (exact) mass is 456 g/mol. The molecule has 0 bridgehead atoms. The second-order valence-electron chi connectivity index (χ2n) is 7.23. The quantitative estimate of drug-likeness (QED) is 0.684. The lowest BCUT2D eigenvalue weighted by Crippen LogP contribution is -2.35. The second kappa shape index (κ2) is 9.69. The number of nitrogens with one attached hydrogen (secondary N) is 1. The average Bonchev–Trinajstić information content (AvgIpc) is 2.73. The molecule has 3 rings (SSSR count). The summed E-state index contributed by atoms with van der Waals surface area (Å²) in [6.45, 7) is -0.461. The van der Waals surface area contributed by atoms with Crippen LogP contribution in [0.4, 0.5) is 18.9 Å². The maximum Gasteiger partial charge on any atom is 0.422 e. The summed E-state index contributed by atoms with van der Waals surface area (Å²) in [5.74, 6) is -0.550. The molecule has 1 saturated heterocycles. The van der Waals surface area contributed by atoms with Gasteiger partial charge in [0.1, 0.15) is 5.75 Å². The number of rotatable bonds is 7. The predicted molar refractivity (Wildman–Crippen MR) is 109 cm³/mol. The van der Waals surface area contributed by atoms with Crippen LogP contribution in [0.15, 0.2) is 53.4 Å². The van der Waals surface area contributed by atoms with Gasteiger partial charge in [-0.3, -0.25) is 4.79 Å². The van der Waals surface area contributed by atoms with Gasteiger partial charge in [0.2, 0.25) is 15.9 Å². The zero-order valence-electron chi connectivity index (χ0n) is 16.7. The molecule has 2 aromatic rings. The van der Waals surface area contributed by atoms with E-state index in [4.69, 9.17) is 4.74 Å². The van der Waals surface area contributed by atoms with Crippen LogP contribution in [0.1, 0.15) is 24.8 Å². The minimum atomic E-state index is -4.49. The zero-order valence-corrected chi connectivity index (χ0v) is 17.5. The number of ether oxygens (including phenoxy) is 1. The van der Waals surface area contributed by atoms with Gasteiger partial charge in [0.15, 0.2) is 6.61 Å². The van der Waals surface area contributed by atoms with Crippen molar-refractivity contribution in [2.24, 2.45) is 0 Å². The number of hydrogen-bond acceptors (Lipinski definition) is 4. The normalized spacial score (nSPS) is 15.5. The van der Waals surface area contributed by atoms with Crippen molar-refractivity contribution in [3.8, 4) is 5.75 Å². The van der Waals surface area contributed by atoms with Gasteiger partial charge >= 0.3 is 6.18 Å². The molecule has 168 valence electrons. The van der Waals surface area contributed by atoms with E-state index in [9.17, 15) is 26.4 Å². The molecule has 10 heteroatoms. The van der Waals surface area contributed by atoms with E-state index in [1.165, 1.54) is 34.6 Å². The smallest absolute Gasteiger partial charge is 0.422 e. The molecule has 0 spiro atoms. The Balaban J connectivity index is 1.63. The summed E-state index contributed by atoms with van der Waals surface area (Å²) in [6, 6.07) is 11.9. The number of para-hydroxylation sites is 2. The number of hydrogen-bond donors (Lipinski definition) is 1. The van der Waals surface area contributed by atoms with Gasteiger partial charge in [-0.15, -0.1) is 0 Å². The van der Waals surface area contributed by atoms with Crippen LogP contribution in [0.5, 0.6) is 5.75 Å². The Hall–Kier alpha value is -2.59. The summed E-state index contributed by atoms with van der Waals surface area (Å²) in [7, 11) is -3.56. The first-order chi connectivity index (χ1) is 14.6. The summed E-state index contributed by atoms with van der Waals surface area (Å²) in [5.41, 5.74) is 0.699. The van der Waals surface area contributed by atoms with E-state index in [0.717, 1.165) is 19.3 Å². The fourth-order valence-electron chi connectivity index (χ4n) is 3.27. The minimum Gasteiger partial charge on any atom is -0.482 e. The highest BCUT2D eigenvalue weighted by Gasteiger charge is 2.29. The molecule has 0 unspecified atom stereocenters. The van der Waals surface area contributed by atoms with Gasteiger partial charge in [0.05, 0.1) is 17.0 Å². The van der Waals surface area contributed by atoms with Crippen LogP contribution < -0.4 is 10.1 Å². The topological polar surface area (TPSA) is 75.7 Å². The van der Waals surface area contributed by atoms with Crippen molar-refractivity contribution in [3.05, 3.63) is 54.1 Å². The summed E-state index contributed by atoms with van der Waals surface area (Å²) < 4.78 is 68.8. The van der Waals surface area contributed by atoms with E-state index < -0.39 is 28.7 Å². The third-order valence-electron chi connectivity index (χ3n) is 4.79. The molecule has 0 saturated carbocycles. The van der Waals surface area contributed by atoms with Crippen LogP contribution in [0.25, 0.3) is 0 Å². The lowest BCUT2D eigenvalue weighted by atomic mass is 10.1. The number of nitrogens with zero attached hydrogens (tertiary/aromatic N) is 1. The Labute approximate surface area is 179 Å². The molecule has 1 amide bonds. The van der Waals surface area contributed by atoms with Crippen LogP contribution >= 0.6 is 0 Å². The molecule has 1 aliphatic rings. The highest BCUT2D eigenvalue weighted by molar-refractivity contribution is 7.89. The number of carbonyl (C=O) groups excluding carboxylic acids is 1. The fourth-order valence-corrected chi connectivity index (χ4v) is 4.79. The van der Waals surface area contributed by atoms with Crippen molar-refractivity contribution in [1.82, 2.24) is 4.31 Å².